The first kappa shape index (κ1) is 11.4. The predicted molar refractivity (Wildman–Crippen MR) is 45.7 cm³/mol. The molecular weight excluding hydrogens is 158 g/mol. The number of carbonyl (C=O) groups is 1. The monoisotopic (exact) mass is 175 g/mol. The van der Waals surface area contributed by atoms with Crippen LogP contribution in [0.2, 0.25) is 0 Å². The zero-order chi connectivity index (χ0) is 9.72. The second kappa shape index (κ2) is 5.11. The second-order valence-corrected chi connectivity index (χ2v) is 3.40. The van der Waals surface area contributed by atoms with Gasteiger partial charge in [-0.3, -0.25) is 4.79 Å². The highest BCUT2D eigenvalue weighted by molar-refractivity contribution is 5.73. The molecule has 72 valence electrons. The highest BCUT2D eigenvalue weighted by Gasteiger charge is 2.21. The van der Waals surface area contributed by atoms with E-state index >= 15 is 0 Å². The Morgan fingerprint density at radius 3 is 2.25 bits per heavy atom. The summed E-state index contributed by atoms with van der Waals surface area (Å²) in [6, 6.07) is -1.15. The minimum atomic E-state index is -1.15. The molecule has 0 unspecified atom stereocenters. The minimum Gasteiger partial charge on any atom is -0.480 e. The number of aliphatic hydroxyl groups is 1. The lowest BCUT2D eigenvalue weighted by Crippen LogP contribution is -2.41. The van der Waals surface area contributed by atoms with Crippen LogP contribution in [0.1, 0.15) is 26.7 Å². The maximum atomic E-state index is 10.3. The van der Waals surface area contributed by atoms with Crippen LogP contribution >= 0.6 is 0 Å². The molecule has 4 heteroatoms. The van der Waals surface area contributed by atoms with Crippen LogP contribution in [0.3, 0.4) is 0 Å². The molecule has 0 saturated heterocycles. The number of rotatable bonds is 5. The molecular formula is C8H17NO3. The van der Waals surface area contributed by atoms with Crippen molar-refractivity contribution in [1.29, 1.82) is 0 Å². The molecule has 0 amide bonds. The molecule has 0 aromatic carbocycles. The van der Waals surface area contributed by atoms with Crippen molar-refractivity contribution in [2.24, 2.45) is 11.7 Å². The molecule has 0 saturated carbocycles. The summed E-state index contributed by atoms with van der Waals surface area (Å²) in [5.41, 5.74) is 5.20. The van der Waals surface area contributed by atoms with Crippen LogP contribution in [0.4, 0.5) is 0 Å². The van der Waals surface area contributed by atoms with Crippen LogP contribution < -0.4 is 5.73 Å². The second-order valence-electron chi connectivity index (χ2n) is 3.40. The normalized spacial score (nSPS) is 16.1. The summed E-state index contributed by atoms with van der Waals surface area (Å²) in [4.78, 5) is 10.3. The molecule has 0 spiro atoms. The Hall–Kier alpha value is -0.610. The van der Waals surface area contributed by atoms with Gasteiger partial charge in [-0.25, -0.2) is 0 Å². The van der Waals surface area contributed by atoms with Crippen LogP contribution in [0.15, 0.2) is 0 Å². The van der Waals surface area contributed by atoms with E-state index in [1.165, 1.54) is 0 Å². The third-order valence-electron chi connectivity index (χ3n) is 1.74. The average molecular weight is 175 g/mol. The van der Waals surface area contributed by atoms with E-state index in [1.54, 1.807) is 0 Å². The number of nitrogens with two attached hydrogens (primary N) is 1. The van der Waals surface area contributed by atoms with Gasteiger partial charge in [0, 0.05) is 0 Å². The molecule has 0 aromatic heterocycles. The van der Waals surface area contributed by atoms with Gasteiger partial charge < -0.3 is 15.9 Å². The molecule has 12 heavy (non-hydrogen) atoms. The molecule has 2 atom stereocenters. The lowest BCUT2D eigenvalue weighted by atomic mass is 10.0. The summed E-state index contributed by atoms with van der Waals surface area (Å²) in [5.74, 6) is -0.688. The minimum absolute atomic E-state index is 0.450. The summed E-state index contributed by atoms with van der Waals surface area (Å²) in [6.07, 6.45) is 0.317. The highest BCUT2D eigenvalue weighted by Crippen LogP contribution is 2.08. The topological polar surface area (TPSA) is 83.5 Å². The molecule has 0 aromatic rings. The zero-order valence-corrected chi connectivity index (χ0v) is 7.53. The van der Waals surface area contributed by atoms with Crippen LogP contribution in [-0.2, 0) is 4.79 Å². The maximum absolute atomic E-state index is 10.3. The standard InChI is InChI=1S/C8H17NO3/c1-5(2)3-4-6(10)7(9)8(11)12/h5-7,10H,3-4,9H2,1-2H3,(H,11,12)/t6-,7+/m1/s1. The van der Waals surface area contributed by atoms with Gasteiger partial charge in [-0.15, -0.1) is 0 Å². The first-order chi connectivity index (χ1) is 5.45. The van der Waals surface area contributed by atoms with E-state index in [-0.39, 0.29) is 0 Å². The van der Waals surface area contributed by atoms with Gasteiger partial charge in [0.25, 0.3) is 0 Å². The number of aliphatic hydroxyl groups excluding tert-OH is 1. The van der Waals surface area contributed by atoms with Crippen molar-refractivity contribution in [2.45, 2.75) is 38.8 Å². The molecule has 0 radical (unpaired) electrons. The Bertz CT molecular complexity index is 147. The molecule has 0 fully saturated rings. The van der Waals surface area contributed by atoms with E-state index in [0.717, 1.165) is 6.42 Å². The highest BCUT2D eigenvalue weighted by atomic mass is 16.4. The van der Waals surface area contributed by atoms with Gasteiger partial charge in [0.15, 0.2) is 0 Å². The van der Waals surface area contributed by atoms with Gasteiger partial charge in [0.05, 0.1) is 6.10 Å². The van der Waals surface area contributed by atoms with Crippen LogP contribution in [0, 0.1) is 5.92 Å². The quantitative estimate of drug-likeness (QED) is 0.557. The number of hydrogen-bond donors (Lipinski definition) is 3. The Balaban J connectivity index is 3.71. The van der Waals surface area contributed by atoms with Crippen LogP contribution in [0.5, 0.6) is 0 Å². The first-order valence-corrected chi connectivity index (χ1v) is 4.11. The van der Waals surface area contributed by atoms with E-state index < -0.39 is 18.1 Å². The number of aliphatic carboxylic acids is 1. The van der Waals surface area contributed by atoms with Crippen molar-refractivity contribution >= 4 is 5.97 Å². The van der Waals surface area contributed by atoms with E-state index in [1.807, 2.05) is 13.8 Å². The fourth-order valence-electron chi connectivity index (χ4n) is 0.848. The van der Waals surface area contributed by atoms with Gasteiger partial charge in [-0.05, 0) is 18.8 Å². The summed E-state index contributed by atoms with van der Waals surface area (Å²) in [7, 11) is 0. The Morgan fingerprint density at radius 1 is 1.42 bits per heavy atom. The SMILES string of the molecule is CC(C)CC[C@@H](O)[C@H](N)C(=O)O. The third-order valence-corrected chi connectivity index (χ3v) is 1.74. The Labute approximate surface area is 72.4 Å². The largest absolute Gasteiger partial charge is 0.480 e. The average Bonchev–Trinajstić information content (AvgIpc) is 1.98. The molecule has 4 N–H and O–H groups in total. The van der Waals surface area contributed by atoms with E-state index in [4.69, 9.17) is 10.8 Å². The Morgan fingerprint density at radius 2 is 1.92 bits per heavy atom. The van der Waals surface area contributed by atoms with Crippen LogP contribution in [-0.4, -0.2) is 28.3 Å². The van der Waals surface area contributed by atoms with Crippen molar-refractivity contribution in [2.75, 3.05) is 0 Å². The summed E-state index contributed by atoms with van der Waals surface area (Å²) < 4.78 is 0. The lowest BCUT2D eigenvalue weighted by Gasteiger charge is -2.15. The van der Waals surface area contributed by atoms with Gasteiger partial charge in [0.2, 0.25) is 0 Å². The van der Waals surface area contributed by atoms with Gasteiger partial charge in [-0.2, -0.15) is 0 Å². The van der Waals surface area contributed by atoms with Crippen molar-refractivity contribution in [3.63, 3.8) is 0 Å². The van der Waals surface area contributed by atoms with Crippen molar-refractivity contribution < 1.29 is 15.0 Å². The molecule has 0 heterocycles. The fraction of sp³-hybridized carbons (Fsp3) is 0.875. The molecule has 0 rings (SSSR count). The number of hydrogen-bond acceptors (Lipinski definition) is 3. The van der Waals surface area contributed by atoms with E-state index in [0.29, 0.717) is 12.3 Å². The van der Waals surface area contributed by atoms with Gasteiger partial charge in [0.1, 0.15) is 6.04 Å². The third kappa shape index (κ3) is 4.31. The van der Waals surface area contributed by atoms with Crippen molar-refractivity contribution in [3.8, 4) is 0 Å². The van der Waals surface area contributed by atoms with E-state index in [2.05, 4.69) is 0 Å². The smallest absolute Gasteiger partial charge is 0.323 e. The molecule has 0 bridgehead atoms. The molecule has 0 aliphatic carbocycles. The summed E-state index contributed by atoms with van der Waals surface area (Å²) in [5, 5.41) is 17.7. The molecule has 0 aliphatic rings. The first-order valence-electron chi connectivity index (χ1n) is 4.11. The summed E-state index contributed by atoms with van der Waals surface area (Å²) >= 11 is 0. The number of carboxylic acids is 1. The number of carboxylic acid groups (broad SMARTS) is 1. The van der Waals surface area contributed by atoms with Crippen molar-refractivity contribution in [3.05, 3.63) is 0 Å². The van der Waals surface area contributed by atoms with Crippen molar-refractivity contribution in [1.82, 2.24) is 0 Å². The fourth-order valence-corrected chi connectivity index (χ4v) is 0.848. The summed E-state index contributed by atoms with van der Waals surface area (Å²) in [6.45, 7) is 4.03. The Kier molecular flexibility index (Phi) is 4.85. The van der Waals surface area contributed by atoms with Crippen LogP contribution in [0.25, 0.3) is 0 Å². The lowest BCUT2D eigenvalue weighted by molar-refractivity contribution is -0.141. The predicted octanol–water partition coefficient (Wildman–Crippen LogP) is 0.195. The van der Waals surface area contributed by atoms with Gasteiger partial charge in [-0.1, -0.05) is 13.8 Å². The maximum Gasteiger partial charge on any atom is 0.323 e. The molecule has 4 nitrogen and oxygen atoms in total. The zero-order valence-electron chi connectivity index (χ0n) is 7.53. The van der Waals surface area contributed by atoms with E-state index in [9.17, 15) is 9.90 Å². The van der Waals surface area contributed by atoms with Gasteiger partial charge >= 0.3 is 5.97 Å². The molecule has 0 aliphatic heterocycles.